The van der Waals surface area contributed by atoms with Crippen LogP contribution in [0.5, 0.6) is 5.75 Å². The number of amides is 1. The quantitative estimate of drug-likeness (QED) is 0.855. The van der Waals surface area contributed by atoms with Crippen LogP contribution in [0.15, 0.2) is 35.2 Å². The Morgan fingerprint density at radius 3 is 3.00 bits per heavy atom. The van der Waals surface area contributed by atoms with Gasteiger partial charge < -0.3 is 20.2 Å². The molecular formula is C16H19N3O3. The summed E-state index contributed by atoms with van der Waals surface area (Å²) in [6.45, 7) is 0. The lowest BCUT2D eigenvalue weighted by atomic mass is 10.1. The van der Waals surface area contributed by atoms with Crippen molar-refractivity contribution >= 4 is 11.6 Å². The number of aromatic nitrogens is 1. The zero-order chi connectivity index (χ0) is 15.5. The second-order valence-corrected chi connectivity index (χ2v) is 5.56. The molecule has 1 atom stereocenters. The number of carbonyl (C=O) groups excluding carboxylic acids is 1. The maximum atomic E-state index is 12.1. The number of oxazole rings is 1. The highest BCUT2D eigenvalue weighted by atomic mass is 16.5. The van der Waals surface area contributed by atoms with E-state index in [-0.39, 0.29) is 5.91 Å². The van der Waals surface area contributed by atoms with E-state index < -0.39 is 6.04 Å². The van der Waals surface area contributed by atoms with Gasteiger partial charge in [0.15, 0.2) is 12.2 Å². The molecule has 0 aliphatic heterocycles. The molecule has 3 N–H and O–H groups in total. The van der Waals surface area contributed by atoms with E-state index in [1.807, 2.05) is 6.07 Å². The number of carbonyl (C=O) groups is 1. The molecule has 0 spiro atoms. The standard InChI is InChI=1S/C16H19N3O3/c1-21-14-7-11(4-5-12(14)15-8-18-9-22-15)19-16(20)13(17)6-10-2-3-10/h4-5,7-10,13H,2-3,6,17H2,1H3,(H,19,20). The monoisotopic (exact) mass is 301 g/mol. The van der Waals surface area contributed by atoms with E-state index in [9.17, 15) is 4.79 Å². The zero-order valence-electron chi connectivity index (χ0n) is 12.4. The van der Waals surface area contributed by atoms with Crippen molar-refractivity contribution in [2.45, 2.75) is 25.3 Å². The number of benzene rings is 1. The number of nitrogens with one attached hydrogen (secondary N) is 1. The predicted molar refractivity (Wildman–Crippen MR) is 82.4 cm³/mol. The van der Waals surface area contributed by atoms with Gasteiger partial charge in [-0.3, -0.25) is 4.79 Å². The van der Waals surface area contributed by atoms with E-state index >= 15 is 0 Å². The van der Waals surface area contributed by atoms with Crippen molar-refractivity contribution in [3.8, 4) is 17.1 Å². The van der Waals surface area contributed by atoms with Crippen LogP contribution in [-0.4, -0.2) is 24.0 Å². The minimum absolute atomic E-state index is 0.165. The number of rotatable bonds is 6. The molecule has 0 bridgehead atoms. The van der Waals surface area contributed by atoms with Crippen LogP contribution in [0, 0.1) is 5.92 Å². The van der Waals surface area contributed by atoms with Crippen molar-refractivity contribution in [2.24, 2.45) is 11.7 Å². The number of hydrogen-bond donors (Lipinski definition) is 2. The van der Waals surface area contributed by atoms with Gasteiger partial charge in [-0.2, -0.15) is 0 Å². The first kappa shape index (κ1) is 14.6. The molecule has 2 aromatic rings. The molecule has 1 unspecified atom stereocenters. The topological polar surface area (TPSA) is 90.4 Å². The molecule has 0 saturated heterocycles. The molecule has 22 heavy (non-hydrogen) atoms. The summed E-state index contributed by atoms with van der Waals surface area (Å²) in [6, 6.07) is 4.90. The third-order valence-electron chi connectivity index (χ3n) is 3.79. The van der Waals surface area contributed by atoms with Gasteiger partial charge in [0.2, 0.25) is 5.91 Å². The van der Waals surface area contributed by atoms with Gasteiger partial charge in [0.25, 0.3) is 0 Å². The van der Waals surface area contributed by atoms with E-state index in [2.05, 4.69) is 10.3 Å². The first-order valence-electron chi connectivity index (χ1n) is 7.30. The number of hydrogen-bond acceptors (Lipinski definition) is 5. The molecule has 6 nitrogen and oxygen atoms in total. The molecule has 1 amide bonds. The fraction of sp³-hybridized carbons (Fsp3) is 0.375. The molecule has 1 aromatic carbocycles. The van der Waals surface area contributed by atoms with Gasteiger partial charge in [-0.25, -0.2) is 4.98 Å². The summed E-state index contributed by atoms with van der Waals surface area (Å²) in [5.74, 6) is 1.66. The van der Waals surface area contributed by atoms with Crippen LogP contribution in [0.1, 0.15) is 19.3 Å². The van der Waals surface area contributed by atoms with Gasteiger partial charge in [0, 0.05) is 11.8 Å². The average Bonchev–Trinajstić information content (AvgIpc) is 3.16. The van der Waals surface area contributed by atoms with E-state index in [1.54, 1.807) is 25.4 Å². The summed E-state index contributed by atoms with van der Waals surface area (Å²) < 4.78 is 10.6. The van der Waals surface area contributed by atoms with Crippen LogP contribution in [0.2, 0.25) is 0 Å². The van der Waals surface area contributed by atoms with Crippen molar-refractivity contribution in [1.82, 2.24) is 4.98 Å². The predicted octanol–water partition coefficient (Wildman–Crippen LogP) is 2.42. The lowest BCUT2D eigenvalue weighted by molar-refractivity contribution is -0.117. The Balaban J connectivity index is 1.72. The van der Waals surface area contributed by atoms with Crippen LogP contribution in [0.25, 0.3) is 11.3 Å². The van der Waals surface area contributed by atoms with Crippen molar-refractivity contribution < 1.29 is 13.9 Å². The molecule has 1 saturated carbocycles. The largest absolute Gasteiger partial charge is 0.496 e. The zero-order valence-corrected chi connectivity index (χ0v) is 12.4. The Morgan fingerprint density at radius 1 is 1.55 bits per heavy atom. The highest BCUT2D eigenvalue weighted by molar-refractivity contribution is 5.95. The van der Waals surface area contributed by atoms with Crippen molar-refractivity contribution in [1.29, 1.82) is 0 Å². The molecular weight excluding hydrogens is 282 g/mol. The van der Waals surface area contributed by atoms with Gasteiger partial charge in [0.05, 0.1) is 24.9 Å². The molecule has 1 aliphatic rings. The smallest absolute Gasteiger partial charge is 0.241 e. The van der Waals surface area contributed by atoms with Crippen LogP contribution in [-0.2, 0) is 4.79 Å². The van der Waals surface area contributed by atoms with Crippen LogP contribution < -0.4 is 15.8 Å². The molecule has 1 aromatic heterocycles. The third kappa shape index (κ3) is 3.28. The summed E-state index contributed by atoms with van der Waals surface area (Å²) in [5, 5.41) is 2.83. The Hall–Kier alpha value is -2.34. The van der Waals surface area contributed by atoms with E-state index in [1.165, 1.54) is 19.2 Å². The van der Waals surface area contributed by atoms with Gasteiger partial charge in [-0.15, -0.1) is 0 Å². The molecule has 6 heteroatoms. The summed E-state index contributed by atoms with van der Waals surface area (Å²) in [5.41, 5.74) is 7.34. The minimum atomic E-state index is -0.465. The Labute approximate surface area is 128 Å². The molecule has 1 fully saturated rings. The minimum Gasteiger partial charge on any atom is -0.496 e. The Kier molecular flexibility index (Phi) is 4.11. The van der Waals surface area contributed by atoms with E-state index in [4.69, 9.17) is 14.9 Å². The molecule has 3 rings (SSSR count). The maximum absolute atomic E-state index is 12.1. The summed E-state index contributed by atoms with van der Waals surface area (Å²) in [6.07, 6.45) is 6.09. The second kappa shape index (κ2) is 6.19. The van der Waals surface area contributed by atoms with Crippen molar-refractivity contribution in [2.75, 3.05) is 12.4 Å². The van der Waals surface area contributed by atoms with Crippen LogP contribution >= 0.6 is 0 Å². The first-order chi connectivity index (χ1) is 10.7. The second-order valence-electron chi connectivity index (χ2n) is 5.56. The lowest BCUT2D eigenvalue weighted by Gasteiger charge is -2.13. The first-order valence-corrected chi connectivity index (χ1v) is 7.30. The molecule has 1 heterocycles. The van der Waals surface area contributed by atoms with Gasteiger partial charge in [0.1, 0.15) is 5.75 Å². The average molecular weight is 301 g/mol. The lowest BCUT2D eigenvalue weighted by Crippen LogP contribution is -2.35. The molecule has 116 valence electrons. The summed E-state index contributed by atoms with van der Waals surface area (Å²) in [4.78, 5) is 16.0. The maximum Gasteiger partial charge on any atom is 0.241 e. The highest BCUT2D eigenvalue weighted by Gasteiger charge is 2.27. The number of methoxy groups -OCH3 is 1. The summed E-state index contributed by atoms with van der Waals surface area (Å²) >= 11 is 0. The van der Waals surface area contributed by atoms with E-state index in [0.29, 0.717) is 23.1 Å². The van der Waals surface area contributed by atoms with Crippen molar-refractivity contribution in [3.05, 3.63) is 30.8 Å². The summed E-state index contributed by atoms with van der Waals surface area (Å²) in [7, 11) is 1.57. The molecule has 0 radical (unpaired) electrons. The molecule has 1 aliphatic carbocycles. The Morgan fingerprint density at radius 2 is 2.36 bits per heavy atom. The number of anilines is 1. The van der Waals surface area contributed by atoms with Crippen LogP contribution in [0.3, 0.4) is 0 Å². The Bertz CT molecular complexity index is 651. The van der Waals surface area contributed by atoms with Crippen molar-refractivity contribution in [3.63, 3.8) is 0 Å². The number of ether oxygens (including phenoxy) is 1. The van der Waals surface area contributed by atoms with Gasteiger partial charge in [-0.05, 0) is 24.5 Å². The normalized spacial score (nSPS) is 15.4. The fourth-order valence-electron chi connectivity index (χ4n) is 2.38. The van der Waals surface area contributed by atoms with Crippen LogP contribution in [0.4, 0.5) is 5.69 Å². The van der Waals surface area contributed by atoms with E-state index in [0.717, 1.165) is 12.0 Å². The fourth-order valence-corrected chi connectivity index (χ4v) is 2.38. The number of nitrogens with two attached hydrogens (primary N) is 1. The highest BCUT2D eigenvalue weighted by Crippen LogP contribution is 2.34. The number of nitrogens with zero attached hydrogens (tertiary/aromatic N) is 1. The third-order valence-corrected chi connectivity index (χ3v) is 3.79. The van der Waals surface area contributed by atoms with Gasteiger partial charge >= 0.3 is 0 Å². The SMILES string of the molecule is COc1cc(NC(=O)C(N)CC2CC2)ccc1-c1cnco1. The van der Waals surface area contributed by atoms with Gasteiger partial charge in [-0.1, -0.05) is 12.8 Å².